The van der Waals surface area contributed by atoms with Crippen LogP contribution in [0.2, 0.25) is 0 Å². The van der Waals surface area contributed by atoms with Crippen LogP contribution >= 0.6 is 0 Å². The molecule has 0 bridgehead atoms. The number of piperidine rings is 1. The Bertz CT molecular complexity index is 855. The minimum atomic E-state index is -0.392. The first-order valence-corrected chi connectivity index (χ1v) is 10.8. The van der Waals surface area contributed by atoms with Gasteiger partial charge in [-0.15, -0.1) is 0 Å². The van der Waals surface area contributed by atoms with Crippen molar-refractivity contribution in [2.24, 2.45) is 11.3 Å². The number of carbonyl (C=O) groups excluding carboxylic acids is 2. The van der Waals surface area contributed by atoms with E-state index in [9.17, 15) is 14.7 Å². The minimum absolute atomic E-state index is 0.0621. The summed E-state index contributed by atoms with van der Waals surface area (Å²) in [4.78, 5) is 26.1. The molecule has 1 saturated heterocycles. The standard InChI is InChI=1S/C25H31NO5/c1-19(2)17-30-24(29)26-14-12-25(18-27,13-15-26)16-20-8-10-22(11-9-20)31-23(28)21-6-4-3-5-7-21/h3-11,19,27H,12-18H2,1-2H3. The van der Waals surface area contributed by atoms with Crippen molar-refractivity contribution >= 4 is 12.1 Å². The molecule has 1 heterocycles. The molecule has 2 aromatic rings. The van der Waals surface area contributed by atoms with Crippen molar-refractivity contribution in [3.8, 4) is 5.75 Å². The van der Waals surface area contributed by atoms with Crippen LogP contribution in [0.25, 0.3) is 0 Å². The summed E-state index contributed by atoms with van der Waals surface area (Å²) < 4.78 is 10.8. The number of amides is 1. The summed E-state index contributed by atoms with van der Waals surface area (Å²) in [6.45, 7) is 5.64. The van der Waals surface area contributed by atoms with Crippen molar-refractivity contribution < 1.29 is 24.2 Å². The van der Waals surface area contributed by atoms with Crippen molar-refractivity contribution in [2.75, 3.05) is 26.3 Å². The molecule has 0 saturated carbocycles. The van der Waals surface area contributed by atoms with Crippen LogP contribution in [0.1, 0.15) is 42.6 Å². The molecule has 6 nitrogen and oxygen atoms in total. The van der Waals surface area contributed by atoms with E-state index in [-0.39, 0.29) is 18.1 Å². The second-order valence-electron chi connectivity index (χ2n) is 8.69. The molecule has 0 aromatic heterocycles. The maximum absolute atomic E-state index is 12.2. The second kappa shape index (κ2) is 10.4. The van der Waals surface area contributed by atoms with E-state index < -0.39 is 5.97 Å². The molecular formula is C25H31NO5. The van der Waals surface area contributed by atoms with Gasteiger partial charge >= 0.3 is 12.1 Å². The molecule has 2 aromatic carbocycles. The van der Waals surface area contributed by atoms with Crippen LogP contribution in [-0.4, -0.2) is 48.4 Å². The van der Waals surface area contributed by atoms with E-state index in [1.807, 2.05) is 32.0 Å². The van der Waals surface area contributed by atoms with E-state index in [1.165, 1.54) is 0 Å². The highest BCUT2D eigenvalue weighted by molar-refractivity contribution is 5.90. The number of benzene rings is 2. The molecule has 0 unspecified atom stereocenters. The van der Waals surface area contributed by atoms with Gasteiger partial charge in [-0.3, -0.25) is 0 Å². The third-order valence-corrected chi connectivity index (χ3v) is 5.68. The van der Waals surface area contributed by atoms with Crippen molar-refractivity contribution in [1.29, 1.82) is 0 Å². The van der Waals surface area contributed by atoms with Gasteiger partial charge in [-0.1, -0.05) is 44.2 Å². The Labute approximate surface area is 183 Å². The van der Waals surface area contributed by atoms with Gasteiger partial charge in [0.15, 0.2) is 0 Å². The highest BCUT2D eigenvalue weighted by atomic mass is 16.6. The molecule has 3 rings (SSSR count). The summed E-state index contributed by atoms with van der Waals surface area (Å²) in [6.07, 6.45) is 1.85. The monoisotopic (exact) mass is 425 g/mol. The molecule has 1 N–H and O–H groups in total. The second-order valence-corrected chi connectivity index (χ2v) is 8.69. The molecule has 1 aliphatic heterocycles. The number of likely N-dealkylation sites (tertiary alicyclic amines) is 1. The molecule has 0 atom stereocenters. The van der Waals surface area contributed by atoms with Crippen LogP contribution in [0.4, 0.5) is 4.79 Å². The normalized spacial score (nSPS) is 15.5. The molecule has 166 valence electrons. The van der Waals surface area contributed by atoms with Gasteiger partial charge in [-0.25, -0.2) is 9.59 Å². The van der Waals surface area contributed by atoms with Gasteiger partial charge in [0.25, 0.3) is 0 Å². The van der Waals surface area contributed by atoms with E-state index in [0.29, 0.717) is 56.2 Å². The zero-order valence-corrected chi connectivity index (χ0v) is 18.3. The van der Waals surface area contributed by atoms with Crippen LogP contribution in [0.5, 0.6) is 5.75 Å². The third-order valence-electron chi connectivity index (χ3n) is 5.68. The maximum atomic E-state index is 12.2. The maximum Gasteiger partial charge on any atom is 0.409 e. The fraction of sp³-hybridized carbons (Fsp3) is 0.440. The average Bonchev–Trinajstić information content (AvgIpc) is 2.79. The number of nitrogens with zero attached hydrogens (tertiary/aromatic N) is 1. The summed E-state index contributed by atoms with van der Waals surface area (Å²) >= 11 is 0. The van der Waals surface area contributed by atoms with E-state index in [0.717, 1.165) is 5.56 Å². The molecule has 0 spiro atoms. The molecule has 1 fully saturated rings. The highest BCUT2D eigenvalue weighted by Crippen LogP contribution is 2.35. The number of ether oxygens (including phenoxy) is 2. The molecule has 31 heavy (non-hydrogen) atoms. The summed E-state index contributed by atoms with van der Waals surface area (Å²) in [5, 5.41) is 10.1. The van der Waals surface area contributed by atoms with Gasteiger partial charge in [0.2, 0.25) is 0 Å². The number of rotatable bonds is 7. The van der Waals surface area contributed by atoms with Crippen LogP contribution < -0.4 is 4.74 Å². The van der Waals surface area contributed by atoms with Crippen molar-refractivity contribution in [3.63, 3.8) is 0 Å². The lowest BCUT2D eigenvalue weighted by Gasteiger charge is -2.40. The third kappa shape index (κ3) is 6.31. The first-order valence-electron chi connectivity index (χ1n) is 10.8. The van der Waals surface area contributed by atoms with Gasteiger partial charge in [0, 0.05) is 25.1 Å². The van der Waals surface area contributed by atoms with Crippen LogP contribution in [0.15, 0.2) is 54.6 Å². The quantitative estimate of drug-likeness (QED) is 0.528. The van der Waals surface area contributed by atoms with Gasteiger partial charge in [-0.05, 0) is 55.0 Å². The van der Waals surface area contributed by atoms with E-state index in [1.54, 1.807) is 41.3 Å². The zero-order chi connectivity index (χ0) is 22.3. The Morgan fingerprint density at radius 1 is 1.03 bits per heavy atom. The SMILES string of the molecule is CC(C)COC(=O)N1CCC(CO)(Cc2ccc(OC(=O)c3ccccc3)cc2)CC1. The summed E-state index contributed by atoms with van der Waals surface area (Å²) in [6, 6.07) is 16.3. The van der Waals surface area contributed by atoms with Crippen LogP contribution in [0.3, 0.4) is 0 Å². The Kier molecular flexibility index (Phi) is 7.69. The zero-order valence-electron chi connectivity index (χ0n) is 18.3. The summed E-state index contributed by atoms with van der Waals surface area (Å²) in [5.41, 5.74) is 1.30. The van der Waals surface area contributed by atoms with Gasteiger partial charge in [0.05, 0.1) is 12.2 Å². The van der Waals surface area contributed by atoms with Crippen LogP contribution in [-0.2, 0) is 11.2 Å². The topological polar surface area (TPSA) is 76.1 Å². The van der Waals surface area contributed by atoms with Crippen LogP contribution in [0, 0.1) is 11.3 Å². The molecule has 1 amide bonds. The first kappa shape index (κ1) is 22.8. The minimum Gasteiger partial charge on any atom is -0.449 e. The lowest BCUT2D eigenvalue weighted by Crippen LogP contribution is -2.46. The molecule has 1 aliphatic rings. The smallest absolute Gasteiger partial charge is 0.409 e. The molecule has 0 aliphatic carbocycles. The largest absolute Gasteiger partial charge is 0.449 e. The molecule has 0 radical (unpaired) electrons. The summed E-state index contributed by atoms with van der Waals surface area (Å²) in [7, 11) is 0. The number of aliphatic hydroxyl groups excluding tert-OH is 1. The lowest BCUT2D eigenvalue weighted by atomic mass is 9.74. The van der Waals surface area contributed by atoms with Crippen molar-refractivity contribution in [1.82, 2.24) is 4.90 Å². The fourth-order valence-electron chi connectivity index (χ4n) is 3.73. The Morgan fingerprint density at radius 2 is 1.68 bits per heavy atom. The number of hydrogen-bond donors (Lipinski definition) is 1. The molecular weight excluding hydrogens is 394 g/mol. The number of esters is 1. The van der Waals surface area contributed by atoms with Crippen molar-refractivity contribution in [3.05, 3.63) is 65.7 Å². The number of hydrogen-bond acceptors (Lipinski definition) is 5. The number of aliphatic hydroxyl groups is 1. The highest BCUT2D eigenvalue weighted by Gasteiger charge is 2.36. The Morgan fingerprint density at radius 3 is 2.26 bits per heavy atom. The van der Waals surface area contributed by atoms with E-state index >= 15 is 0 Å². The summed E-state index contributed by atoms with van der Waals surface area (Å²) in [5.74, 6) is 0.399. The Balaban J connectivity index is 1.55. The van der Waals surface area contributed by atoms with Gasteiger partial charge in [0.1, 0.15) is 5.75 Å². The van der Waals surface area contributed by atoms with Gasteiger partial charge < -0.3 is 19.5 Å². The first-order chi connectivity index (χ1) is 14.9. The van der Waals surface area contributed by atoms with Gasteiger partial charge in [-0.2, -0.15) is 0 Å². The Hall–Kier alpha value is -2.86. The number of carbonyl (C=O) groups is 2. The average molecular weight is 426 g/mol. The fourth-order valence-corrected chi connectivity index (χ4v) is 3.73. The molecule has 6 heteroatoms. The predicted octanol–water partition coefficient (Wildman–Crippen LogP) is 4.32. The lowest BCUT2D eigenvalue weighted by molar-refractivity contribution is 0.0313. The van der Waals surface area contributed by atoms with E-state index in [2.05, 4.69) is 0 Å². The predicted molar refractivity (Wildman–Crippen MR) is 118 cm³/mol. The van der Waals surface area contributed by atoms with E-state index in [4.69, 9.17) is 9.47 Å². The van der Waals surface area contributed by atoms with Crippen molar-refractivity contribution in [2.45, 2.75) is 33.1 Å².